The molecule has 0 atom stereocenters. The maximum Gasteiger partial charge on any atom is 0.264 e. The molecule has 2 N–H and O–H groups in total. The number of carbonyl (C=O) groups excluding carboxylic acids is 2. The molecular weight excluding hydrogens is 493 g/mol. The maximum absolute atomic E-state index is 13.1. The standard InChI is InChI=1S/C22H25Cl2N9O2/c1-13-6-7-32(27-11-18-14(2)28-31(3)21(18)24)22(35)17(13)9-20(34)25-10-15-8-16(23)4-5-19(15)33-12-26-29-30-33/h4-5,8,12,27H,6-7,9-11H2,1-3H3,(H,25,34). The van der Waals surface area contributed by atoms with Gasteiger partial charge in [-0.1, -0.05) is 28.8 Å². The third-order valence-corrected chi connectivity index (χ3v) is 6.60. The molecule has 1 aliphatic heterocycles. The summed E-state index contributed by atoms with van der Waals surface area (Å²) < 4.78 is 3.09. The molecule has 1 aromatic carbocycles. The van der Waals surface area contributed by atoms with Crippen molar-refractivity contribution in [3.63, 3.8) is 0 Å². The van der Waals surface area contributed by atoms with Crippen molar-refractivity contribution in [2.24, 2.45) is 7.05 Å². The Bertz CT molecular complexity index is 1280. The number of hydrogen-bond acceptors (Lipinski definition) is 7. The van der Waals surface area contributed by atoms with Gasteiger partial charge >= 0.3 is 0 Å². The molecule has 0 saturated heterocycles. The molecule has 35 heavy (non-hydrogen) atoms. The number of nitrogens with one attached hydrogen (secondary N) is 2. The van der Waals surface area contributed by atoms with Crippen molar-refractivity contribution in [3.8, 4) is 5.69 Å². The fraction of sp³-hybridized carbons (Fsp3) is 0.364. The number of rotatable bonds is 8. The topological polar surface area (TPSA) is 123 Å². The lowest BCUT2D eigenvalue weighted by Crippen LogP contribution is -2.47. The van der Waals surface area contributed by atoms with Crippen molar-refractivity contribution in [2.75, 3.05) is 6.54 Å². The highest BCUT2D eigenvalue weighted by Gasteiger charge is 2.27. The molecule has 2 aromatic heterocycles. The van der Waals surface area contributed by atoms with Crippen LogP contribution in [-0.2, 0) is 29.7 Å². The van der Waals surface area contributed by atoms with E-state index < -0.39 is 0 Å². The summed E-state index contributed by atoms with van der Waals surface area (Å²) in [5, 5.41) is 20.9. The zero-order valence-electron chi connectivity index (χ0n) is 19.5. The van der Waals surface area contributed by atoms with E-state index in [1.165, 1.54) is 16.0 Å². The summed E-state index contributed by atoms with van der Waals surface area (Å²) in [6.45, 7) is 4.82. The molecule has 184 valence electrons. The summed E-state index contributed by atoms with van der Waals surface area (Å²) in [6, 6.07) is 5.24. The van der Waals surface area contributed by atoms with Gasteiger partial charge in [-0.2, -0.15) is 5.10 Å². The van der Waals surface area contributed by atoms with Crippen LogP contribution in [-0.4, -0.2) is 53.4 Å². The van der Waals surface area contributed by atoms with Crippen molar-refractivity contribution in [1.29, 1.82) is 0 Å². The average molecular weight is 518 g/mol. The number of carbonyl (C=O) groups is 2. The van der Waals surface area contributed by atoms with Crippen LogP contribution in [0.4, 0.5) is 0 Å². The maximum atomic E-state index is 13.1. The number of hydrazine groups is 1. The first-order valence-corrected chi connectivity index (χ1v) is 11.7. The zero-order chi connectivity index (χ0) is 25.1. The number of aromatic nitrogens is 6. The Morgan fingerprint density at radius 3 is 2.69 bits per heavy atom. The molecule has 0 bridgehead atoms. The van der Waals surface area contributed by atoms with E-state index in [1.807, 2.05) is 13.8 Å². The fourth-order valence-corrected chi connectivity index (χ4v) is 4.35. The highest BCUT2D eigenvalue weighted by Crippen LogP contribution is 2.23. The summed E-state index contributed by atoms with van der Waals surface area (Å²) in [4.78, 5) is 25.9. The van der Waals surface area contributed by atoms with E-state index in [-0.39, 0.29) is 24.8 Å². The van der Waals surface area contributed by atoms with Gasteiger partial charge in [0, 0.05) is 42.8 Å². The van der Waals surface area contributed by atoms with Crippen LogP contribution >= 0.6 is 23.2 Å². The van der Waals surface area contributed by atoms with Crippen LogP contribution in [0.25, 0.3) is 5.69 Å². The molecule has 0 radical (unpaired) electrons. The Morgan fingerprint density at radius 2 is 2.00 bits per heavy atom. The number of halogens is 2. The van der Waals surface area contributed by atoms with Gasteiger partial charge in [0.2, 0.25) is 5.91 Å². The van der Waals surface area contributed by atoms with Gasteiger partial charge in [0.15, 0.2) is 0 Å². The SMILES string of the molecule is CC1=C(CC(=O)NCc2cc(Cl)ccc2-n2cnnn2)C(=O)N(NCc2c(C)nn(C)c2Cl)CC1. The number of nitrogens with zero attached hydrogens (tertiary/aromatic N) is 7. The summed E-state index contributed by atoms with van der Waals surface area (Å²) >= 11 is 12.4. The quantitative estimate of drug-likeness (QED) is 0.469. The second kappa shape index (κ2) is 10.5. The van der Waals surface area contributed by atoms with E-state index in [0.717, 1.165) is 22.4 Å². The van der Waals surface area contributed by atoms with Crippen molar-refractivity contribution in [1.82, 2.24) is 45.7 Å². The van der Waals surface area contributed by atoms with Crippen LogP contribution in [0.5, 0.6) is 0 Å². The summed E-state index contributed by atoms with van der Waals surface area (Å²) in [5.74, 6) is -0.498. The van der Waals surface area contributed by atoms with E-state index in [4.69, 9.17) is 23.2 Å². The minimum atomic E-state index is -0.275. The lowest BCUT2D eigenvalue weighted by Gasteiger charge is -2.30. The van der Waals surface area contributed by atoms with Crippen LogP contribution in [0.15, 0.2) is 35.7 Å². The molecule has 4 rings (SSSR count). The molecule has 3 aromatic rings. The van der Waals surface area contributed by atoms with Gasteiger partial charge in [-0.3, -0.25) is 19.3 Å². The van der Waals surface area contributed by atoms with E-state index in [1.54, 1.807) is 29.9 Å². The third-order valence-electron chi connectivity index (χ3n) is 5.90. The molecule has 0 unspecified atom stereocenters. The molecule has 2 amide bonds. The van der Waals surface area contributed by atoms with E-state index >= 15 is 0 Å². The number of amides is 2. The van der Waals surface area contributed by atoms with Gasteiger partial charge in [0.05, 0.1) is 17.8 Å². The Labute approximate surface area is 212 Å². The monoisotopic (exact) mass is 517 g/mol. The van der Waals surface area contributed by atoms with E-state index in [9.17, 15) is 9.59 Å². The molecular formula is C22H25Cl2N9O2. The summed E-state index contributed by atoms with van der Waals surface area (Å²) in [6.07, 6.45) is 2.10. The first-order valence-electron chi connectivity index (χ1n) is 10.9. The Balaban J connectivity index is 1.39. The summed E-state index contributed by atoms with van der Waals surface area (Å²) in [5.41, 5.74) is 7.57. The van der Waals surface area contributed by atoms with Gasteiger partial charge in [-0.05, 0) is 54.5 Å². The predicted octanol–water partition coefficient (Wildman–Crippen LogP) is 2.27. The molecule has 0 spiro atoms. The first-order chi connectivity index (χ1) is 16.7. The van der Waals surface area contributed by atoms with Gasteiger partial charge < -0.3 is 5.32 Å². The Hall–Kier alpha value is -3.28. The number of tetrazole rings is 1. The van der Waals surface area contributed by atoms with Crippen molar-refractivity contribution >= 4 is 35.0 Å². The molecule has 1 aliphatic rings. The van der Waals surface area contributed by atoms with Crippen molar-refractivity contribution in [2.45, 2.75) is 39.8 Å². The first kappa shape index (κ1) is 24.8. The van der Waals surface area contributed by atoms with Crippen molar-refractivity contribution < 1.29 is 9.59 Å². The van der Waals surface area contributed by atoms with E-state index in [2.05, 4.69) is 31.4 Å². The second-order valence-electron chi connectivity index (χ2n) is 8.26. The predicted molar refractivity (Wildman–Crippen MR) is 129 cm³/mol. The molecule has 13 heteroatoms. The summed E-state index contributed by atoms with van der Waals surface area (Å²) in [7, 11) is 1.77. The molecule has 0 fully saturated rings. The van der Waals surface area contributed by atoms with E-state index in [0.29, 0.717) is 40.9 Å². The molecule has 3 heterocycles. The zero-order valence-corrected chi connectivity index (χ0v) is 21.1. The normalized spacial score (nSPS) is 14.1. The highest BCUT2D eigenvalue weighted by molar-refractivity contribution is 6.30. The minimum absolute atomic E-state index is 0.0314. The number of hydrogen-bond donors (Lipinski definition) is 2. The minimum Gasteiger partial charge on any atom is -0.352 e. The van der Waals surface area contributed by atoms with Crippen molar-refractivity contribution in [3.05, 3.63) is 62.7 Å². The molecule has 0 aliphatic carbocycles. The van der Waals surface area contributed by atoms with Crippen LogP contribution in [0.1, 0.15) is 36.6 Å². The average Bonchev–Trinajstić information content (AvgIpc) is 3.43. The molecule has 0 saturated carbocycles. The van der Waals surface area contributed by atoms with Crippen LogP contribution in [0.2, 0.25) is 10.2 Å². The van der Waals surface area contributed by atoms with Gasteiger partial charge in [-0.15, -0.1) is 5.10 Å². The lowest BCUT2D eigenvalue weighted by atomic mass is 9.98. The largest absolute Gasteiger partial charge is 0.352 e. The van der Waals surface area contributed by atoms with Gasteiger partial charge in [-0.25, -0.2) is 10.1 Å². The number of aryl methyl sites for hydroxylation is 2. The Morgan fingerprint density at radius 1 is 1.20 bits per heavy atom. The number of benzene rings is 1. The van der Waals surface area contributed by atoms with Crippen LogP contribution < -0.4 is 10.7 Å². The third kappa shape index (κ3) is 5.53. The van der Waals surface area contributed by atoms with Crippen LogP contribution in [0.3, 0.4) is 0 Å². The Kier molecular flexibility index (Phi) is 7.48. The molecule has 11 nitrogen and oxygen atoms in total. The highest BCUT2D eigenvalue weighted by atomic mass is 35.5. The van der Waals surface area contributed by atoms with Crippen LogP contribution in [0, 0.1) is 6.92 Å². The van der Waals surface area contributed by atoms with Gasteiger partial charge in [0.1, 0.15) is 11.5 Å². The van der Waals surface area contributed by atoms with Gasteiger partial charge in [0.25, 0.3) is 5.91 Å². The lowest BCUT2D eigenvalue weighted by molar-refractivity contribution is -0.132. The fourth-order valence-electron chi connectivity index (χ4n) is 3.91. The smallest absolute Gasteiger partial charge is 0.264 e. The second-order valence-corrected chi connectivity index (χ2v) is 9.05.